The number of aryl methyl sites for hydroxylation is 1. The van der Waals surface area contributed by atoms with Crippen molar-refractivity contribution < 1.29 is 4.79 Å². The van der Waals surface area contributed by atoms with Crippen LogP contribution in [0.4, 0.5) is 17.3 Å². The molecule has 0 aliphatic heterocycles. The number of amides is 1. The molecule has 3 aromatic rings. The quantitative estimate of drug-likeness (QED) is 0.669. The monoisotopic (exact) mass is 372 g/mol. The molecule has 0 aliphatic carbocycles. The highest BCUT2D eigenvalue weighted by atomic mass is 35.5. The molecule has 7 heteroatoms. The molecule has 0 unspecified atom stereocenters. The van der Waals surface area contributed by atoms with Crippen molar-refractivity contribution in [1.82, 2.24) is 9.97 Å². The summed E-state index contributed by atoms with van der Waals surface area (Å²) in [6, 6.07) is 16.0. The van der Waals surface area contributed by atoms with E-state index in [1.807, 2.05) is 18.2 Å². The number of benzene rings is 2. The van der Waals surface area contributed by atoms with Gasteiger partial charge in [-0.15, -0.1) is 0 Å². The molecule has 0 atom stereocenters. The van der Waals surface area contributed by atoms with Crippen LogP contribution in [0.25, 0.3) is 0 Å². The Balaban J connectivity index is 1.85. The molecule has 5 nitrogen and oxygen atoms in total. The van der Waals surface area contributed by atoms with E-state index < -0.39 is 0 Å². The molecule has 0 fully saturated rings. The van der Waals surface area contributed by atoms with E-state index in [2.05, 4.69) is 20.6 Å². The highest BCUT2D eigenvalue weighted by molar-refractivity contribution is 6.43. The molecule has 126 valence electrons. The topological polar surface area (TPSA) is 66.9 Å². The molecule has 0 saturated carbocycles. The second kappa shape index (κ2) is 7.51. The smallest absolute Gasteiger partial charge is 0.274 e. The minimum absolute atomic E-state index is 0.247. The van der Waals surface area contributed by atoms with Crippen molar-refractivity contribution in [1.29, 1.82) is 0 Å². The highest BCUT2D eigenvalue weighted by Gasteiger charge is 2.12. The second-order valence-corrected chi connectivity index (χ2v) is 6.05. The second-order valence-electron chi connectivity index (χ2n) is 5.26. The number of rotatable bonds is 4. The van der Waals surface area contributed by atoms with Crippen molar-refractivity contribution in [2.45, 2.75) is 6.92 Å². The standard InChI is InChI=1S/C18H14Cl2N4O/c1-11-10-15(17(25)22-12-6-3-2-4-7-12)24-18(21-11)23-14-9-5-8-13(19)16(14)20/h2-10H,1H3,(H,22,25)(H,21,23,24). The fraction of sp³-hybridized carbons (Fsp3) is 0.0556. The molecule has 2 aromatic carbocycles. The van der Waals surface area contributed by atoms with Crippen LogP contribution >= 0.6 is 23.2 Å². The molecule has 0 saturated heterocycles. The SMILES string of the molecule is Cc1cc(C(=O)Nc2ccccc2)nc(Nc2cccc(Cl)c2Cl)n1. The van der Waals surface area contributed by atoms with E-state index in [9.17, 15) is 4.79 Å². The molecule has 0 aliphatic rings. The van der Waals surface area contributed by atoms with Gasteiger partial charge in [-0.1, -0.05) is 47.5 Å². The van der Waals surface area contributed by atoms with Crippen LogP contribution in [0.1, 0.15) is 16.2 Å². The summed E-state index contributed by atoms with van der Waals surface area (Å²) < 4.78 is 0. The van der Waals surface area contributed by atoms with Crippen molar-refractivity contribution in [2.75, 3.05) is 10.6 Å². The Labute approximate surface area is 155 Å². The third kappa shape index (κ3) is 4.26. The van der Waals surface area contributed by atoms with Gasteiger partial charge in [0, 0.05) is 11.4 Å². The van der Waals surface area contributed by atoms with Gasteiger partial charge < -0.3 is 10.6 Å². The molecular weight excluding hydrogens is 359 g/mol. The first kappa shape index (κ1) is 17.2. The van der Waals surface area contributed by atoms with E-state index in [1.165, 1.54) is 0 Å². The largest absolute Gasteiger partial charge is 0.323 e. The van der Waals surface area contributed by atoms with Gasteiger partial charge in [0.1, 0.15) is 5.69 Å². The van der Waals surface area contributed by atoms with Crippen LogP contribution in [0, 0.1) is 6.92 Å². The van der Waals surface area contributed by atoms with Crippen LogP contribution in [0.3, 0.4) is 0 Å². The van der Waals surface area contributed by atoms with Gasteiger partial charge in [-0.2, -0.15) is 0 Å². The summed E-state index contributed by atoms with van der Waals surface area (Å²) in [6.45, 7) is 1.78. The van der Waals surface area contributed by atoms with Gasteiger partial charge >= 0.3 is 0 Å². The van der Waals surface area contributed by atoms with Gasteiger partial charge in [0.2, 0.25) is 5.95 Å². The maximum Gasteiger partial charge on any atom is 0.274 e. The van der Waals surface area contributed by atoms with E-state index in [0.717, 1.165) is 0 Å². The summed E-state index contributed by atoms with van der Waals surface area (Å²) in [4.78, 5) is 21.0. The van der Waals surface area contributed by atoms with E-state index in [1.54, 1.807) is 43.3 Å². The average Bonchev–Trinajstić information content (AvgIpc) is 2.59. The van der Waals surface area contributed by atoms with Crippen molar-refractivity contribution in [3.8, 4) is 0 Å². The fourth-order valence-corrected chi connectivity index (χ4v) is 2.53. The molecule has 25 heavy (non-hydrogen) atoms. The molecular formula is C18H14Cl2N4O. The lowest BCUT2D eigenvalue weighted by atomic mass is 10.3. The maximum atomic E-state index is 12.4. The molecule has 1 amide bonds. The summed E-state index contributed by atoms with van der Waals surface area (Å²) in [6.07, 6.45) is 0. The van der Waals surface area contributed by atoms with Gasteiger partial charge in [0.05, 0.1) is 15.7 Å². The van der Waals surface area contributed by atoms with Crippen LogP contribution in [0.5, 0.6) is 0 Å². The molecule has 1 aromatic heterocycles. The van der Waals surface area contributed by atoms with Crippen LogP contribution in [0.15, 0.2) is 54.6 Å². The molecule has 2 N–H and O–H groups in total. The highest BCUT2D eigenvalue weighted by Crippen LogP contribution is 2.31. The van der Waals surface area contributed by atoms with Crippen molar-refractivity contribution in [2.24, 2.45) is 0 Å². The minimum atomic E-state index is -0.322. The number of carbonyl (C=O) groups is 1. The van der Waals surface area contributed by atoms with Crippen LogP contribution in [-0.2, 0) is 0 Å². The first-order valence-corrected chi connectivity index (χ1v) is 8.21. The Morgan fingerprint density at radius 1 is 1.00 bits per heavy atom. The Kier molecular flexibility index (Phi) is 5.16. The number of carbonyl (C=O) groups excluding carboxylic acids is 1. The number of aromatic nitrogens is 2. The average molecular weight is 373 g/mol. The van der Waals surface area contributed by atoms with Gasteiger partial charge in [-0.05, 0) is 37.3 Å². The lowest BCUT2D eigenvalue weighted by molar-refractivity contribution is 0.102. The van der Waals surface area contributed by atoms with E-state index in [-0.39, 0.29) is 17.5 Å². The number of anilines is 3. The Bertz CT molecular complexity index is 916. The lowest BCUT2D eigenvalue weighted by Gasteiger charge is -2.10. The number of para-hydroxylation sites is 1. The summed E-state index contributed by atoms with van der Waals surface area (Å²) in [5.74, 6) is -0.0562. The van der Waals surface area contributed by atoms with Gasteiger partial charge in [-0.3, -0.25) is 4.79 Å². The Morgan fingerprint density at radius 2 is 1.76 bits per heavy atom. The summed E-state index contributed by atoms with van der Waals surface area (Å²) in [7, 11) is 0. The minimum Gasteiger partial charge on any atom is -0.323 e. The third-order valence-corrected chi connectivity index (χ3v) is 4.14. The predicted molar refractivity (Wildman–Crippen MR) is 101 cm³/mol. The number of nitrogens with one attached hydrogen (secondary N) is 2. The van der Waals surface area contributed by atoms with Crippen LogP contribution < -0.4 is 10.6 Å². The molecule has 0 radical (unpaired) electrons. The normalized spacial score (nSPS) is 10.4. The van der Waals surface area contributed by atoms with Gasteiger partial charge in [-0.25, -0.2) is 9.97 Å². The first-order valence-electron chi connectivity index (χ1n) is 7.46. The summed E-state index contributed by atoms with van der Waals surface area (Å²) in [5.41, 5.74) is 2.15. The zero-order valence-corrected chi connectivity index (χ0v) is 14.8. The van der Waals surface area contributed by atoms with Crippen molar-refractivity contribution >= 4 is 46.4 Å². The van der Waals surface area contributed by atoms with Crippen molar-refractivity contribution in [3.63, 3.8) is 0 Å². The molecule has 0 spiro atoms. The number of hydrogen-bond donors (Lipinski definition) is 2. The number of halogens is 2. The first-order chi connectivity index (χ1) is 12.0. The molecule has 1 heterocycles. The fourth-order valence-electron chi connectivity index (χ4n) is 2.18. The predicted octanol–water partition coefficient (Wildman–Crippen LogP) is 5.09. The van der Waals surface area contributed by atoms with Gasteiger partial charge in [0.15, 0.2) is 0 Å². The third-order valence-electron chi connectivity index (χ3n) is 3.32. The zero-order chi connectivity index (χ0) is 17.8. The maximum absolute atomic E-state index is 12.4. The van der Waals surface area contributed by atoms with E-state index in [0.29, 0.717) is 27.1 Å². The zero-order valence-electron chi connectivity index (χ0n) is 13.3. The van der Waals surface area contributed by atoms with E-state index in [4.69, 9.17) is 23.2 Å². The summed E-state index contributed by atoms with van der Waals surface area (Å²) in [5, 5.41) is 6.57. The number of hydrogen-bond acceptors (Lipinski definition) is 4. The number of nitrogens with zero attached hydrogens (tertiary/aromatic N) is 2. The van der Waals surface area contributed by atoms with Crippen LogP contribution in [-0.4, -0.2) is 15.9 Å². The molecule has 3 rings (SSSR count). The Morgan fingerprint density at radius 3 is 2.52 bits per heavy atom. The summed E-state index contributed by atoms with van der Waals surface area (Å²) >= 11 is 12.2. The van der Waals surface area contributed by atoms with Crippen molar-refractivity contribution in [3.05, 3.63) is 76.0 Å². The molecule has 0 bridgehead atoms. The Hall–Kier alpha value is -2.63. The van der Waals surface area contributed by atoms with E-state index >= 15 is 0 Å². The lowest BCUT2D eigenvalue weighted by Crippen LogP contribution is -2.15. The van der Waals surface area contributed by atoms with Crippen LogP contribution in [0.2, 0.25) is 10.0 Å². The van der Waals surface area contributed by atoms with Gasteiger partial charge in [0.25, 0.3) is 5.91 Å².